The molecule has 0 unspecified atom stereocenters. The summed E-state index contributed by atoms with van der Waals surface area (Å²) >= 11 is 0. The topological polar surface area (TPSA) is 17.1 Å². The van der Waals surface area contributed by atoms with Crippen LogP contribution in [-0.4, -0.2) is 5.78 Å². The van der Waals surface area contributed by atoms with Crippen molar-refractivity contribution in [1.82, 2.24) is 0 Å². The molecule has 1 aliphatic rings. The van der Waals surface area contributed by atoms with Crippen molar-refractivity contribution in [3.8, 4) is 0 Å². The zero-order chi connectivity index (χ0) is 9.84. The SMILES string of the molecule is CCCC1=C(C(C)=O)CCC=C1C. The number of carbonyl (C=O) groups is 1. The summed E-state index contributed by atoms with van der Waals surface area (Å²) in [7, 11) is 0. The molecule has 72 valence electrons. The minimum Gasteiger partial charge on any atom is -0.295 e. The summed E-state index contributed by atoms with van der Waals surface area (Å²) in [6, 6.07) is 0. The van der Waals surface area contributed by atoms with E-state index in [0.29, 0.717) is 0 Å². The Morgan fingerprint density at radius 3 is 2.77 bits per heavy atom. The molecule has 0 heterocycles. The summed E-state index contributed by atoms with van der Waals surface area (Å²) in [5.74, 6) is 0.260. The van der Waals surface area contributed by atoms with Crippen LogP contribution in [0.3, 0.4) is 0 Å². The fraction of sp³-hybridized carbons (Fsp3) is 0.583. The Hall–Kier alpha value is -0.850. The molecular formula is C12H18O. The molecule has 0 amide bonds. The van der Waals surface area contributed by atoms with E-state index in [4.69, 9.17) is 0 Å². The largest absolute Gasteiger partial charge is 0.295 e. The van der Waals surface area contributed by atoms with Crippen molar-refractivity contribution in [2.75, 3.05) is 0 Å². The number of allylic oxidation sites excluding steroid dienone is 4. The van der Waals surface area contributed by atoms with E-state index in [2.05, 4.69) is 19.9 Å². The van der Waals surface area contributed by atoms with Gasteiger partial charge in [-0.2, -0.15) is 0 Å². The Morgan fingerprint density at radius 2 is 2.23 bits per heavy atom. The first-order valence-corrected chi connectivity index (χ1v) is 5.07. The third-order valence-electron chi connectivity index (χ3n) is 2.61. The molecule has 0 saturated carbocycles. The van der Waals surface area contributed by atoms with Crippen LogP contribution in [0, 0.1) is 0 Å². The molecule has 1 aliphatic carbocycles. The molecule has 1 rings (SSSR count). The van der Waals surface area contributed by atoms with Crippen molar-refractivity contribution in [2.24, 2.45) is 0 Å². The van der Waals surface area contributed by atoms with Gasteiger partial charge in [0.15, 0.2) is 5.78 Å². The zero-order valence-corrected chi connectivity index (χ0v) is 8.81. The molecule has 0 aromatic rings. The number of carbonyl (C=O) groups excluding carboxylic acids is 1. The van der Waals surface area contributed by atoms with Gasteiger partial charge in [0, 0.05) is 0 Å². The second-order valence-electron chi connectivity index (χ2n) is 3.69. The molecule has 1 nitrogen and oxygen atoms in total. The van der Waals surface area contributed by atoms with Gasteiger partial charge in [0.2, 0.25) is 0 Å². The number of hydrogen-bond acceptors (Lipinski definition) is 1. The number of ketones is 1. The maximum absolute atomic E-state index is 11.3. The van der Waals surface area contributed by atoms with Gasteiger partial charge in [-0.15, -0.1) is 0 Å². The fourth-order valence-electron chi connectivity index (χ4n) is 1.93. The molecule has 0 saturated heterocycles. The Morgan fingerprint density at radius 1 is 1.54 bits per heavy atom. The van der Waals surface area contributed by atoms with Crippen molar-refractivity contribution < 1.29 is 4.79 Å². The zero-order valence-electron chi connectivity index (χ0n) is 8.81. The van der Waals surface area contributed by atoms with Gasteiger partial charge in [-0.3, -0.25) is 4.79 Å². The summed E-state index contributed by atoms with van der Waals surface area (Å²) in [6.45, 7) is 5.96. The first-order valence-electron chi connectivity index (χ1n) is 5.07. The van der Waals surface area contributed by atoms with Crippen LogP contribution in [0.5, 0.6) is 0 Å². The van der Waals surface area contributed by atoms with Crippen molar-refractivity contribution in [3.63, 3.8) is 0 Å². The molecule has 0 spiro atoms. The highest BCUT2D eigenvalue weighted by Crippen LogP contribution is 2.28. The van der Waals surface area contributed by atoms with E-state index in [0.717, 1.165) is 31.3 Å². The highest BCUT2D eigenvalue weighted by molar-refractivity contribution is 5.95. The fourth-order valence-corrected chi connectivity index (χ4v) is 1.93. The predicted octanol–water partition coefficient (Wildman–Crippen LogP) is 3.41. The minimum atomic E-state index is 0.260. The maximum Gasteiger partial charge on any atom is 0.156 e. The lowest BCUT2D eigenvalue weighted by molar-refractivity contribution is -0.113. The van der Waals surface area contributed by atoms with Gasteiger partial charge >= 0.3 is 0 Å². The van der Waals surface area contributed by atoms with Crippen LogP contribution in [-0.2, 0) is 4.79 Å². The van der Waals surface area contributed by atoms with Gasteiger partial charge in [0.05, 0.1) is 0 Å². The Bertz CT molecular complexity index is 269. The molecule has 0 radical (unpaired) electrons. The average molecular weight is 178 g/mol. The molecule has 0 N–H and O–H groups in total. The van der Waals surface area contributed by atoms with Crippen LogP contribution in [0.1, 0.15) is 46.5 Å². The van der Waals surface area contributed by atoms with Gasteiger partial charge < -0.3 is 0 Å². The second-order valence-corrected chi connectivity index (χ2v) is 3.69. The quantitative estimate of drug-likeness (QED) is 0.647. The molecule has 1 heteroatoms. The van der Waals surface area contributed by atoms with E-state index in [1.54, 1.807) is 6.92 Å². The molecule has 0 aliphatic heterocycles. The van der Waals surface area contributed by atoms with E-state index >= 15 is 0 Å². The lowest BCUT2D eigenvalue weighted by Crippen LogP contribution is -2.06. The molecule has 0 aromatic heterocycles. The Kier molecular flexibility index (Phi) is 3.47. The summed E-state index contributed by atoms with van der Waals surface area (Å²) in [5, 5.41) is 0. The van der Waals surface area contributed by atoms with Gasteiger partial charge in [-0.1, -0.05) is 25.0 Å². The van der Waals surface area contributed by atoms with Crippen LogP contribution >= 0.6 is 0 Å². The first-order chi connectivity index (χ1) is 6.16. The number of rotatable bonds is 3. The van der Waals surface area contributed by atoms with Gasteiger partial charge in [-0.25, -0.2) is 0 Å². The monoisotopic (exact) mass is 178 g/mol. The van der Waals surface area contributed by atoms with Crippen molar-refractivity contribution >= 4 is 5.78 Å². The van der Waals surface area contributed by atoms with E-state index in [9.17, 15) is 4.79 Å². The van der Waals surface area contributed by atoms with E-state index < -0.39 is 0 Å². The van der Waals surface area contributed by atoms with E-state index in [1.807, 2.05) is 0 Å². The van der Waals surface area contributed by atoms with Gasteiger partial charge in [-0.05, 0) is 44.3 Å². The smallest absolute Gasteiger partial charge is 0.156 e. The summed E-state index contributed by atoms with van der Waals surface area (Å²) < 4.78 is 0. The standard InChI is InChI=1S/C12H18O/c1-4-6-11-9(2)7-5-8-12(11)10(3)13/h7H,4-6,8H2,1-3H3. The van der Waals surface area contributed by atoms with Gasteiger partial charge in [0.1, 0.15) is 0 Å². The van der Waals surface area contributed by atoms with Gasteiger partial charge in [0.25, 0.3) is 0 Å². The third-order valence-corrected chi connectivity index (χ3v) is 2.61. The van der Waals surface area contributed by atoms with Crippen molar-refractivity contribution in [3.05, 3.63) is 22.8 Å². The van der Waals surface area contributed by atoms with E-state index in [-0.39, 0.29) is 5.78 Å². The summed E-state index contributed by atoms with van der Waals surface area (Å²) in [6.07, 6.45) is 6.40. The lowest BCUT2D eigenvalue weighted by Gasteiger charge is -2.17. The lowest BCUT2D eigenvalue weighted by atomic mass is 9.87. The minimum absolute atomic E-state index is 0.260. The number of Topliss-reactive ketones (excluding diaryl/α,β-unsaturated/α-hetero) is 1. The normalized spacial score (nSPS) is 17.3. The van der Waals surface area contributed by atoms with Crippen LogP contribution in [0.4, 0.5) is 0 Å². The Balaban J connectivity index is 2.98. The molecule has 0 fully saturated rings. The molecule has 0 atom stereocenters. The highest BCUT2D eigenvalue weighted by atomic mass is 16.1. The molecule has 0 bridgehead atoms. The maximum atomic E-state index is 11.3. The van der Waals surface area contributed by atoms with Crippen LogP contribution in [0.15, 0.2) is 22.8 Å². The van der Waals surface area contributed by atoms with Crippen LogP contribution in [0.25, 0.3) is 0 Å². The third kappa shape index (κ3) is 2.30. The summed E-state index contributed by atoms with van der Waals surface area (Å²) in [4.78, 5) is 11.3. The van der Waals surface area contributed by atoms with Crippen LogP contribution < -0.4 is 0 Å². The predicted molar refractivity (Wildman–Crippen MR) is 55.6 cm³/mol. The highest BCUT2D eigenvalue weighted by Gasteiger charge is 2.15. The average Bonchev–Trinajstić information content (AvgIpc) is 2.08. The summed E-state index contributed by atoms with van der Waals surface area (Å²) in [5.41, 5.74) is 3.70. The molecule has 13 heavy (non-hydrogen) atoms. The number of hydrogen-bond donors (Lipinski definition) is 0. The second kappa shape index (κ2) is 4.40. The first kappa shape index (κ1) is 10.2. The van der Waals surface area contributed by atoms with E-state index in [1.165, 1.54) is 11.1 Å². The van der Waals surface area contributed by atoms with Crippen LogP contribution in [0.2, 0.25) is 0 Å². The molecular weight excluding hydrogens is 160 g/mol. The molecule has 0 aromatic carbocycles. The Labute approximate surface area is 80.5 Å². The van der Waals surface area contributed by atoms with Crippen molar-refractivity contribution in [2.45, 2.75) is 46.5 Å². The van der Waals surface area contributed by atoms with Crippen molar-refractivity contribution in [1.29, 1.82) is 0 Å².